The average Bonchev–Trinajstić information content (AvgIpc) is 2.64. The maximum absolute atomic E-state index is 5.60. The highest BCUT2D eigenvalue weighted by molar-refractivity contribution is 4.91. The molecular weight excluding hydrogens is 150 g/mol. The van der Waals surface area contributed by atoms with E-state index in [1.807, 2.05) is 0 Å². The molecule has 0 bridgehead atoms. The molecule has 12 heavy (non-hydrogen) atoms. The molecule has 70 valence electrons. The molecule has 2 aliphatic heterocycles. The van der Waals surface area contributed by atoms with Crippen molar-refractivity contribution < 1.29 is 4.74 Å². The van der Waals surface area contributed by atoms with Crippen LogP contribution in [-0.4, -0.2) is 25.3 Å². The predicted octanol–water partition coefficient (Wildman–Crippen LogP) is 1.55. The Morgan fingerprint density at radius 2 is 2.17 bits per heavy atom. The van der Waals surface area contributed by atoms with Crippen LogP contribution >= 0.6 is 0 Å². The van der Waals surface area contributed by atoms with Crippen molar-refractivity contribution in [3.05, 3.63) is 0 Å². The van der Waals surface area contributed by atoms with Gasteiger partial charge >= 0.3 is 0 Å². The summed E-state index contributed by atoms with van der Waals surface area (Å²) in [4.78, 5) is 0. The third-order valence-corrected chi connectivity index (χ3v) is 2.89. The van der Waals surface area contributed by atoms with E-state index in [4.69, 9.17) is 4.74 Å². The zero-order valence-electron chi connectivity index (χ0n) is 8.10. The minimum atomic E-state index is 0.420. The molecule has 0 aromatic heterocycles. The normalized spacial score (nSPS) is 40.5. The predicted molar refractivity (Wildman–Crippen MR) is 49.2 cm³/mol. The summed E-state index contributed by atoms with van der Waals surface area (Å²) in [5.74, 6) is 0. The monoisotopic (exact) mass is 169 g/mol. The van der Waals surface area contributed by atoms with Gasteiger partial charge in [0.2, 0.25) is 0 Å². The molecule has 2 aliphatic rings. The fraction of sp³-hybridized carbons (Fsp3) is 1.00. The highest BCUT2D eigenvalue weighted by Gasteiger charge is 2.42. The van der Waals surface area contributed by atoms with Crippen LogP contribution in [0, 0.1) is 5.41 Å². The molecular formula is C10H19NO. The lowest BCUT2D eigenvalue weighted by Crippen LogP contribution is -2.30. The van der Waals surface area contributed by atoms with Crippen LogP contribution in [0.1, 0.15) is 33.1 Å². The van der Waals surface area contributed by atoms with Crippen LogP contribution in [0.15, 0.2) is 0 Å². The molecule has 0 radical (unpaired) electrons. The van der Waals surface area contributed by atoms with Crippen molar-refractivity contribution in [1.82, 2.24) is 5.32 Å². The molecule has 2 atom stereocenters. The second-order valence-corrected chi connectivity index (χ2v) is 4.90. The molecule has 2 heteroatoms. The molecule has 2 heterocycles. The largest absolute Gasteiger partial charge is 0.370 e. The number of nitrogens with one attached hydrogen (secondary N) is 1. The zero-order chi connectivity index (χ0) is 8.60. The maximum Gasteiger partial charge on any atom is 0.0847 e. The van der Waals surface area contributed by atoms with Crippen LogP contribution in [0.5, 0.6) is 0 Å². The number of hydrogen-bond acceptors (Lipinski definition) is 2. The van der Waals surface area contributed by atoms with E-state index in [1.54, 1.807) is 0 Å². The van der Waals surface area contributed by atoms with Gasteiger partial charge < -0.3 is 10.1 Å². The van der Waals surface area contributed by atoms with E-state index in [0.717, 1.165) is 13.1 Å². The van der Waals surface area contributed by atoms with E-state index < -0.39 is 0 Å². The molecule has 0 amide bonds. The number of ether oxygens (including phenoxy) is 1. The van der Waals surface area contributed by atoms with Gasteiger partial charge in [-0.25, -0.2) is 0 Å². The van der Waals surface area contributed by atoms with Crippen LogP contribution in [0.25, 0.3) is 0 Å². The first-order valence-electron chi connectivity index (χ1n) is 5.04. The van der Waals surface area contributed by atoms with Crippen molar-refractivity contribution in [2.24, 2.45) is 5.41 Å². The molecule has 0 saturated carbocycles. The third-order valence-electron chi connectivity index (χ3n) is 2.89. The lowest BCUT2D eigenvalue weighted by atomic mass is 9.87. The minimum Gasteiger partial charge on any atom is -0.370 e. The lowest BCUT2D eigenvalue weighted by molar-refractivity contribution is 0.257. The van der Waals surface area contributed by atoms with Gasteiger partial charge in [-0.3, -0.25) is 0 Å². The summed E-state index contributed by atoms with van der Waals surface area (Å²) in [5, 5.41) is 3.50. The summed E-state index contributed by atoms with van der Waals surface area (Å²) < 4.78 is 5.60. The van der Waals surface area contributed by atoms with Crippen LogP contribution in [0.2, 0.25) is 0 Å². The summed E-state index contributed by atoms with van der Waals surface area (Å²) in [7, 11) is 0. The summed E-state index contributed by atoms with van der Waals surface area (Å²) >= 11 is 0. The van der Waals surface area contributed by atoms with Crippen molar-refractivity contribution in [2.75, 3.05) is 13.1 Å². The van der Waals surface area contributed by atoms with Crippen molar-refractivity contribution >= 4 is 0 Å². The Balaban J connectivity index is 1.92. The first-order chi connectivity index (χ1) is 5.67. The Bertz CT molecular complexity index is 167. The molecule has 2 fully saturated rings. The lowest BCUT2D eigenvalue weighted by Gasteiger charge is -2.23. The topological polar surface area (TPSA) is 24.6 Å². The number of epoxide rings is 1. The number of rotatable bonds is 0. The first-order valence-corrected chi connectivity index (χ1v) is 5.04. The molecule has 1 N–H and O–H groups in total. The first kappa shape index (κ1) is 8.52. The molecule has 0 aromatic carbocycles. The number of hydrogen-bond donors (Lipinski definition) is 1. The highest BCUT2D eigenvalue weighted by Crippen LogP contribution is 2.37. The van der Waals surface area contributed by atoms with E-state index in [2.05, 4.69) is 19.2 Å². The molecule has 0 aliphatic carbocycles. The summed E-state index contributed by atoms with van der Waals surface area (Å²) in [5.41, 5.74) is 0.420. The fourth-order valence-corrected chi connectivity index (χ4v) is 2.08. The minimum absolute atomic E-state index is 0.420. The van der Waals surface area contributed by atoms with Gasteiger partial charge in [0.05, 0.1) is 12.2 Å². The van der Waals surface area contributed by atoms with Gasteiger partial charge in [-0.15, -0.1) is 0 Å². The zero-order valence-corrected chi connectivity index (χ0v) is 8.10. The molecule has 2 saturated heterocycles. The standard InChI is InChI=1S/C10H19NO/c1-10(2)6-9-8(12-9)4-3-5-11-7-10/h8-9,11H,3-7H2,1-2H3. The Labute approximate surface area is 74.7 Å². The Kier molecular flexibility index (Phi) is 2.13. The summed E-state index contributed by atoms with van der Waals surface area (Å²) in [6.45, 7) is 6.95. The van der Waals surface area contributed by atoms with Gasteiger partial charge in [-0.1, -0.05) is 13.8 Å². The SMILES string of the molecule is CC1(C)CNCCCC2OC2C1. The van der Waals surface area contributed by atoms with Crippen molar-refractivity contribution in [3.8, 4) is 0 Å². The van der Waals surface area contributed by atoms with Gasteiger partial charge in [-0.2, -0.15) is 0 Å². The van der Waals surface area contributed by atoms with Crippen LogP contribution in [0.3, 0.4) is 0 Å². The van der Waals surface area contributed by atoms with Gasteiger partial charge in [-0.05, 0) is 31.2 Å². The van der Waals surface area contributed by atoms with Crippen molar-refractivity contribution in [2.45, 2.75) is 45.3 Å². The van der Waals surface area contributed by atoms with E-state index >= 15 is 0 Å². The van der Waals surface area contributed by atoms with Gasteiger partial charge in [0.1, 0.15) is 0 Å². The molecule has 0 aromatic rings. The van der Waals surface area contributed by atoms with E-state index in [1.165, 1.54) is 19.3 Å². The van der Waals surface area contributed by atoms with E-state index in [0.29, 0.717) is 17.6 Å². The van der Waals surface area contributed by atoms with Crippen molar-refractivity contribution in [3.63, 3.8) is 0 Å². The fourth-order valence-electron chi connectivity index (χ4n) is 2.08. The molecule has 2 rings (SSSR count). The highest BCUT2D eigenvalue weighted by atomic mass is 16.6. The second kappa shape index (κ2) is 3.00. The van der Waals surface area contributed by atoms with E-state index in [9.17, 15) is 0 Å². The van der Waals surface area contributed by atoms with Crippen molar-refractivity contribution in [1.29, 1.82) is 0 Å². The smallest absolute Gasteiger partial charge is 0.0847 e. The molecule has 0 spiro atoms. The summed E-state index contributed by atoms with van der Waals surface area (Å²) in [6.07, 6.45) is 4.94. The number of fused-ring (bicyclic) bond motifs is 1. The maximum atomic E-state index is 5.60. The molecule has 2 unspecified atom stereocenters. The van der Waals surface area contributed by atoms with Crippen LogP contribution < -0.4 is 5.32 Å². The molecule has 2 nitrogen and oxygen atoms in total. The van der Waals surface area contributed by atoms with E-state index in [-0.39, 0.29) is 0 Å². The Morgan fingerprint density at radius 1 is 1.33 bits per heavy atom. The van der Waals surface area contributed by atoms with Crippen LogP contribution in [0.4, 0.5) is 0 Å². The second-order valence-electron chi connectivity index (χ2n) is 4.90. The third kappa shape index (κ3) is 1.99. The van der Waals surface area contributed by atoms with Crippen LogP contribution in [-0.2, 0) is 4.74 Å². The quantitative estimate of drug-likeness (QED) is 0.556. The average molecular weight is 169 g/mol. The van der Waals surface area contributed by atoms with Gasteiger partial charge in [0.25, 0.3) is 0 Å². The van der Waals surface area contributed by atoms with Gasteiger partial charge in [0, 0.05) is 6.54 Å². The Hall–Kier alpha value is -0.0800. The van der Waals surface area contributed by atoms with Gasteiger partial charge in [0.15, 0.2) is 0 Å². The summed E-state index contributed by atoms with van der Waals surface area (Å²) in [6, 6.07) is 0. The Morgan fingerprint density at radius 3 is 3.00 bits per heavy atom.